The minimum atomic E-state index is -3.86. The zero-order valence-corrected chi connectivity index (χ0v) is 24.0. The highest BCUT2D eigenvalue weighted by Gasteiger charge is 2.29. The fourth-order valence-electron chi connectivity index (χ4n) is 4.21. The lowest BCUT2D eigenvalue weighted by atomic mass is 10.1. The van der Waals surface area contributed by atoms with Gasteiger partial charge in [-0.3, -0.25) is 10.2 Å². The first-order valence-electron chi connectivity index (χ1n) is 12.8. The molecule has 1 aliphatic heterocycles. The highest BCUT2D eigenvalue weighted by Crippen LogP contribution is 2.22. The molecule has 3 N–H and O–H groups in total. The Morgan fingerprint density at radius 3 is 2.20 bits per heavy atom. The lowest BCUT2D eigenvalue weighted by Gasteiger charge is -2.35. The number of nitrogens with zero attached hydrogens (tertiary/aromatic N) is 4. The van der Waals surface area contributed by atoms with E-state index in [2.05, 4.69) is 9.97 Å². The van der Waals surface area contributed by atoms with Crippen LogP contribution in [0.1, 0.15) is 36.7 Å². The van der Waals surface area contributed by atoms with Gasteiger partial charge in [0.1, 0.15) is 17.1 Å². The van der Waals surface area contributed by atoms with Crippen LogP contribution in [0.15, 0.2) is 54.9 Å². The molecular formula is C28H32FN6O5S+. The summed E-state index contributed by atoms with van der Waals surface area (Å²) in [5.74, 6) is -0.546. The molecule has 2 aromatic carbocycles. The summed E-state index contributed by atoms with van der Waals surface area (Å²) in [6.45, 7) is 6.55. The number of nitrogens with one attached hydrogen (secondary N) is 1. The van der Waals surface area contributed by atoms with Crippen LogP contribution in [-0.4, -0.2) is 83.3 Å². The summed E-state index contributed by atoms with van der Waals surface area (Å²) in [5.41, 5.74) is 0.782. The normalized spacial score (nSPS) is 14.1. The van der Waals surface area contributed by atoms with Crippen molar-refractivity contribution in [3.8, 4) is 11.1 Å². The summed E-state index contributed by atoms with van der Waals surface area (Å²) >= 11 is 0. The highest BCUT2D eigenvalue weighted by atomic mass is 32.2. The largest absolute Gasteiger partial charge is 0.444 e. The van der Waals surface area contributed by atoms with Gasteiger partial charge in [0.15, 0.2) is 14.9 Å². The molecule has 3 aromatic rings. The van der Waals surface area contributed by atoms with Gasteiger partial charge in [-0.15, -0.1) is 0 Å². The van der Waals surface area contributed by atoms with Crippen LogP contribution in [0.25, 0.3) is 11.1 Å². The molecule has 13 heteroatoms. The van der Waals surface area contributed by atoms with Crippen LogP contribution in [0.4, 0.5) is 20.8 Å². The van der Waals surface area contributed by atoms with E-state index in [9.17, 15) is 22.4 Å². The number of halogens is 1. The van der Waals surface area contributed by atoms with Gasteiger partial charge in [0.2, 0.25) is 0 Å². The number of ether oxygens (including phenoxy) is 1. The summed E-state index contributed by atoms with van der Waals surface area (Å²) in [7, 11) is -3.86. The first-order chi connectivity index (χ1) is 19.2. The molecule has 0 radical (unpaired) electrons. The average molecular weight is 584 g/mol. The number of aromatic nitrogens is 2. The van der Waals surface area contributed by atoms with Crippen LogP contribution in [0.2, 0.25) is 0 Å². The summed E-state index contributed by atoms with van der Waals surface area (Å²) in [6, 6.07) is 10.6. The van der Waals surface area contributed by atoms with Crippen molar-refractivity contribution in [2.24, 2.45) is 0 Å². The lowest BCUT2D eigenvalue weighted by Crippen LogP contribution is -2.73. The van der Waals surface area contributed by atoms with Crippen LogP contribution in [-0.2, 0) is 14.6 Å². The third-order valence-electron chi connectivity index (χ3n) is 6.27. The van der Waals surface area contributed by atoms with Gasteiger partial charge in [0, 0.05) is 67.6 Å². The van der Waals surface area contributed by atoms with Crippen LogP contribution in [0.5, 0.6) is 0 Å². The Balaban J connectivity index is 1.56. The maximum atomic E-state index is 14.2. The van der Waals surface area contributed by atoms with Crippen molar-refractivity contribution < 1.29 is 32.5 Å². The van der Waals surface area contributed by atoms with Crippen molar-refractivity contribution in [2.45, 2.75) is 26.4 Å². The number of sulfone groups is 1. The van der Waals surface area contributed by atoms with Gasteiger partial charge in [0.05, 0.1) is 5.56 Å². The third-order valence-corrected chi connectivity index (χ3v) is 7.24. The van der Waals surface area contributed by atoms with E-state index in [1.165, 1.54) is 42.0 Å². The number of carbonyl (C=O) groups excluding carboxylic acids is 2. The van der Waals surface area contributed by atoms with Crippen molar-refractivity contribution in [1.29, 1.82) is 5.41 Å². The third kappa shape index (κ3) is 7.30. The fraction of sp³-hybridized carbons (Fsp3) is 0.321. The average Bonchev–Trinajstić information content (AvgIpc) is 2.92. The maximum absolute atomic E-state index is 14.2. The minimum absolute atomic E-state index is 0.0839. The van der Waals surface area contributed by atoms with E-state index in [4.69, 9.17) is 10.1 Å². The van der Waals surface area contributed by atoms with E-state index in [0.717, 1.165) is 6.26 Å². The number of piperazine rings is 1. The summed E-state index contributed by atoms with van der Waals surface area (Å²) in [6.07, 6.45) is 3.38. The van der Waals surface area contributed by atoms with E-state index in [1.54, 1.807) is 48.8 Å². The second-order valence-electron chi connectivity index (χ2n) is 10.6. The monoisotopic (exact) mass is 583 g/mol. The summed E-state index contributed by atoms with van der Waals surface area (Å²) < 4.78 is 44.0. The number of rotatable bonds is 5. The number of benzene rings is 2. The van der Waals surface area contributed by atoms with Crippen LogP contribution in [0.3, 0.4) is 0 Å². The van der Waals surface area contributed by atoms with Crippen LogP contribution < -0.4 is 5.32 Å². The number of hydrogen-bond acceptors (Lipinski definition) is 8. The molecule has 4 rings (SSSR count). The molecule has 2 amide bonds. The molecule has 2 heterocycles. The van der Waals surface area contributed by atoms with Crippen LogP contribution >= 0.6 is 0 Å². The summed E-state index contributed by atoms with van der Waals surface area (Å²) in [4.78, 5) is 37.4. The van der Waals surface area contributed by atoms with Crippen molar-refractivity contribution in [3.63, 3.8) is 0 Å². The van der Waals surface area contributed by atoms with Crippen molar-refractivity contribution in [2.75, 3.05) is 32.4 Å². The molecule has 1 aliphatic rings. The molecule has 0 bridgehead atoms. The summed E-state index contributed by atoms with van der Waals surface area (Å²) in [5, 5.41) is 9.08. The van der Waals surface area contributed by atoms with Gasteiger partial charge in [-0.1, -0.05) is 18.2 Å². The smallest absolute Gasteiger partial charge is 0.410 e. The van der Waals surface area contributed by atoms with E-state index in [1.807, 2.05) is 0 Å². The number of carbonyl (C=O) groups is 2. The van der Waals surface area contributed by atoms with Gasteiger partial charge in [-0.25, -0.2) is 22.9 Å². The number of quaternary nitrogens is 1. The zero-order chi connectivity index (χ0) is 29.9. The highest BCUT2D eigenvalue weighted by molar-refractivity contribution is 8.06. The maximum Gasteiger partial charge on any atom is 0.410 e. The Bertz CT molecular complexity index is 1580. The van der Waals surface area contributed by atoms with Crippen molar-refractivity contribution in [3.05, 3.63) is 71.8 Å². The molecule has 1 saturated heterocycles. The Morgan fingerprint density at radius 2 is 1.61 bits per heavy atom. The Hall–Kier alpha value is -4.23. The molecule has 11 nitrogen and oxygen atoms in total. The predicted octanol–water partition coefficient (Wildman–Crippen LogP) is 2.87. The molecule has 41 heavy (non-hydrogen) atoms. The van der Waals surface area contributed by atoms with Gasteiger partial charge >= 0.3 is 12.0 Å². The molecule has 216 valence electrons. The van der Waals surface area contributed by atoms with Crippen molar-refractivity contribution >= 4 is 38.5 Å². The first-order valence-corrected chi connectivity index (χ1v) is 14.7. The number of nitrogens with two attached hydrogens (primary N) is 1. The van der Waals surface area contributed by atoms with Gasteiger partial charge in [0.25, 0.3) is 5.91 Å². The molecule has 1 aromatic heterocycles. The number of amides is 2. The topological polar surface area (TPSA) is 150 Å². The van der Waals surface area contributed by atoms with Crippen LogP contribution in [0, 0.1) is 11.2 Å². The second kappa shape index (κ2) is 11.7. The first kappa shape index (κ1) is 29.7. The quantitative estimate of drug-likeness (QED) is 0.266. The molecule has 0 atom stereocenters. The van der Waals surface area contributed by atoms with E-state index >= 15 is 0 Å². The minimum Gasteiger partial charge on any atom is -0.444 e. The van der Waals surface area contributed by atoms with E-state index in [0.29, 0.717) is 37.3 Å². The second-order valence-corrected chi connectivity index (χ2v) is 12.6. The Labute approximate surface area is 237 Å². The zero-order valence-electron chi connectivity index (χ0n) is 23.2. The molecular weight excluding hydrogens is 551 g/mol. The van der Waals surface area contributed by atoms with E-state index < -0.39 is 32.4 Å². The Kier molecular flexibility index (Phi) is 8.50. The fourth-order valence-corrected chi connectivity index (χ4v) is 4.79. The van der Waals surface area contributed by atoms with Crippen molar-refractivity contribution in [1.82, 2.24) is 19.8 Å². The lowest BCUT2D eigenvalue weighted by molar-refractivity contribution is -0.487. The molecule has 0 unspecified atom stereocenters. The standard InChI is InChI=1S/C28H31FN6O5S/c1-28(2,3)40-27(37)35-13-11-34(12-14-35)25(36)18-9-10-21(24(30)41(4,38)39)23(15-18)33-26-31-16-19(17-32-26)20-7-5-6-8-22(20)29/h5-10,15-17,30H,11-14H2,1-4H3,(H,31,32,33)/p+1. The molecule has 1 fully saturated rings. The number of hydrogen-bond donors (Lipinski definition) is 2. The Morgan fingerprint density at radius 1 is 1.00 bits per heavy atom. The van der Waals surface area contributed by atoms with E-state index in [-0.39, 0.29) is 28.7 Å². The van der Waals surface area contributed by atoms with Gasteiger partial charge in [-0.2, -0.15) is 9.97 Å². The SMILES string of the molecule is CC(C)(C)OC(=O)N1CCN(C(=O)c2ccc(C(=N)S(C)(=O)=O)c([NH2+]c3ncc(-c4ccccc4F)cn3)c2)CC1. The van der Waals surface area contributed by atoms with Gasteiger partial charge in [-0.05, 0) is 39.0 Å². The predicted molar refractivity (Wildman–Crippen MR) is 150 cm³/mol. The molecule has 0 aliphatic carbocycles. The van der Waals surface area contributed by atoms with Gasteiger partial charge < -0.3 is 14.5 Å². The molecule has 0 spiro atoms. The molecule has 0 saturated carbocycles.